The lowest BCUT2D eigenvalue weighted by atomic mass is 10.1. The van der Waals surface area contributed by atoms with Crippen LogP contribution in [0.15, 0.2) is 18.2 Å². The van der Waals surface area contributed by atoms with E-state index in [4.69, 9.17) is 17.3 Å². The summed E-state index contributed by atoms with van der Waals surface area (Å²) >= 11 is 6.28. The molecule has 0 spiro atoms. The van der Waals surface area contributed by atoms with Crippen LogP contribution in [-0.2, 0) is 4.79 Å². The maximum Gasteiger partial charge on any atom is 0.245 e. The Morgan fingerprint density at radius 1 is 1.37 bits per heavy atom. The zero-order chi connectivity index (χ0) is 13.7. The van der Waals surface area contributed by atoms with Gasteiger partial charge in [0.1, 0.15) is 6.04 Å². The lowest BCUT2D eigenvalue weighted by molar-refractivity contribution is -0.116. The van der Waals surface area contributed by atoms with E-state index in [2.05, 4.69) is 10.4 Å². The molecule has 0 saturated heterocycles. The van der Waals surface area contributed by atoms with Crippen molar-refractivity contribution in [3.63, 3.8) is 0 Å². The number of halogens is 1. The molecule has 0 fully saturated rings. The van der Waals surface area contributed by atoms with E-state index in [1.807, 2.05) is 26.0 Å². The highest BCUT2D eigenvalue weighted by Crippen LogP contribution is 2.35. The van der Waals surface area contributed by atoms with Crippen molar-refractivity contribution in [1.82, 2.24) is 9.78 Å². The molecular weight excluding hydrogens is 264 g/mol. The maximum absolute atomic E-state index is 11.6. The number of amides is 1. The van der Waals surface area contributed by atoms with Gasteiger partial charge in [-0.2, -0.15) is 5.10 Å². The Hall–Kier alpha value is -1.85. The number of fused-ring (bicyclic) bond motifs is 1. The molecule has 98 valence electrons. The molecule has 0 radical (unpaired) electrons. The highest BCUT2D eigenvalue weighted by molar-refractivity contribution is 6.32. The van der Waals surface area contributed by atoms with Crippen molar-refractivity contribution >= 4 is 23.2 Å². The fourth-order valence-electron chi connectivity index (χ4n) is 2.33. The molecule has 2 heterocycles. The zero-order valence-electron chi connectivity index (χ0n) is 10.6. The molecular formula is C13H13ClN4O. The van der Waals surface area contributed by atoms with Crippen LogP contribution in [0.3, 0.4) is 0 Å². The van der Waals surface area contributed by atoms with E-state index in [1.165, 1.54) is 0 Å². The van der Waals surface area contributed by atoms with Gasteiger partial charge in [-0.25, -0.2) is 4.68 Å². The topological polar surface area (TPSA) is 72.9 Å². The van der Waals surface area contributed by atoms with Gasteiger partial charge in [-0.3, -0.25) is 4.79 Å². The molecule has 1 aliphatic rings. The quantitative estimate of drug-likeness (QED) is 0.838. The van der Waals surface area contributed by atoms with Crippen LogP contribution in [-0.4, -0.2) is 15.7 Å². The maximum atomic E-state index is 11.6. The van der Waals surface area contributed by atoms with Crippen molar-refractivity contribution in [3.8, 4) is 5.69 Å². The smallest absolute Gasteiger partial charge is 0.245 e. The van der Waals surface area contributed by atoms with Crippen molar-refractivity contribution in [3.05, 3.63) is 40.2 Å². The molecule has 0 saturated carbocycles. The Labute approximate surface area is 115 Å². The lowest BCUT2D eigenvalue weighted by Gasteiger charge is -2.10. The number of carbonyl (C=O) groups excluding carboxylic acids is 1. The van der Waals surface area contributed by atoms with Crippen LogP contribution in [0, 0.1) is 13.8 Å². The van der Waals surface area contributed by atoms with Crippen molar-refractivity contribution in [2.45, 2.75) is 19.9 Å². The number of rotatable bonds is 1. The molecule has 5 nitrogen and oxygen atoms in total. The highest BCUT2D eigenvalue weighted by atomic mass is 35.5. The Morgan fingerprint density at radius 2 is 2.11 bits per heavy atom. The van der Waals surface area contributed by atoms with Crippen LogP contribution in [0.25, 0.3) is 5.69 Å². The van der Waals surface area contributed by atoms with Crippen LogP contribution < -0.4 is 11.1 Å². The van der Waals surface area contributed by atoms with Gasteiger partial charge < -0.3 is 11.1 Å². The first-order chi connectivity index (χ1) is 8.97. The number of hydrogen-bond acceptors (Lipinski definition) is 3. The molecule has 3 N–H and O–H groups in total. The second-order valence-electron chi connectivity index (χ2n) is 4.70. The molecule has 0 bridgehead atoms. The van der Waals surface area contributed by atoms with Crippen LogP contribution in [0.2, 0.25) is 5.02 Å². The molecule has 1 aromatic heterocycles. The first-order valence-electron chi connectivity index (χ1n) is 5.91. The summed E-state index contributed by atoms with van der Waals surface area (Å²) in [4.78, 5) is 11.6. The third-order valence-corrected chi connectivity index (χ3v) is 3.53. The van der Waals surface area contributed by atoms with Crippen LogP contribution in [0.5, 0.6) is 0 Å². The van der Waals surface area contributed by atoms with Gasteiger partial charge in [-0.1, -0.05) is 11.6 Å². The Balaban J connectivity index is 2.18. The summed E-state index contributed by atoms with van der Waals surface area (Å²) < 4.78 is 1.76. The second-order valence-corrected chi connectivity index (χ2v) is 5.10. The molecule has 1 amide bonds. The van der Waals surface area contributed by atoms with Gasteiger partial charge in [0.25, 0.3) is 0 Å². The number of aryl methyl sites for hydroxylation is 2. The molecule has 0 aliphatic carbocycles. The Bertz CT molecular complexity index is 692. The van der Waals surface area contributed by atoms with Gasteiger partial charge in [0.15, 0.2) is 0 Å². The SMILES string of the molecule is Cc1cc(C)n(-c2cc3c(cc2Cl)C(N)C(=O)N3)n1. The summed E-state index contributed by atoms with van der Waals surface area (Å²) in [6.07, 6.45) is 0. The third-order valence-electron chi connectivity index (χ3n) is 3.23. The molecule has 6 heteroatoms. The number of nitrogens with zero attached hydrogens (tertiary/aromatic N) is 2. The van der Waals surface area contributed by atoms with Gasteiger partial charge >= 0.3 is 0 Å². The molecule has 1 atom stereocenters. The van der Waals surface area contributed by atoms with E-state index in [-0.39, 0.29) is 5.91 Å². The molecule has 19 heavy (non-hydrogen) atoms. The van der Waals surface area contributed by atoms with Gasteiger partial charge in [0, 0.05) is 16.9 Å². The minimum Gasteiger partial charge on any atom is -0.324 e. The predicted molar refractivity (Wildman–Crippen MR) is 73.6 cm³/mol. The molecule has 1 aromatic carbocycles. The van der Waals surface area contributed by atoms with Crippen molar-refractivity contribution < 1.29 is 4.79 Å². The van der Waals surface area contributed by atoms with Crippen molar-refractivity contribution in [2.75, 3.05) is 5.32 Å². The number of hydrogen-bond donors (Lipinski definition) is 2. The first kappa shape index (κ1) is 12.2. The standard InChI is InChI=1S/C13H13ClN4O/c1-6-3-7(2)18(17-6)11-5-10-8(4-9(11)14)12(15)13(19)16-10/h3-5,12H,15H2,1-2H3,(H,16,19). The van der Waals surface area contributed by atoms with E-state index in [1.54, 1.807) is 10.7 Å². The number of carbonyl (C=O) groups is 1. The van der Waals surface area contributed by atoms with E-state index >= 15 is 0 Å². The van der Waals surface area contributed by atoms with E-state index in [0.717, 1.165) is 22.6 Å². The number of nitrogens with two attached hydrogens (primary N) is 1. The van der Waals surface area contributed by atoms with Crippen LogP contribution in [0.4, 0.5) is 5.69 Å². The number of anilines is 1. The minimum atomic E-state index is -0.651. The summed E-state index contributed by atoms with van der Waals surface area (Å²) in [5.41, 5.74) is 9.84. The minimum absolute atomic E-state index is 0.211. The molecule has 1 unspecified atom stereocenters. The average molecular weight is 277 g/mol. The molecule has 1 aliphatic heterocycles. The predicted octanol–water partition coefficient (Wildman–Crippen LogP) is 2.09. The Morgan fingerprint density at radius 3 is 2.74 bits per heavy atom. The summed E-state index contributed by atoms with van der Waals surface area (Å²) in [5, 5.41) is 7.67. The average Bonchev–Trinajstić information content (AvgIpc) is 2.81. The lowest BCUT2D eigenvalue weighted by Crippen LogP contribution is -2.19. The normalized spacial score (nSPS) is 17.5. The molecule has 2 aromatic rings. The summed E-state index contributed by atoms with van der Waals surface area (Å²) in [6.45, 7) is 3.87. The second kappa shape index (κ2) is 4.08. The van der Waals surface area contributed by atoms with Gasteiger partial charge in [0.05, 0.1) is 16.4 Å². The first-order valence-corrected chi connectivity index (χ1v) is 6.28. The number of aromatic nitrogens is 2. The van der Waals surface area contributed by atoms with E-state index in [0.29, 0.717) is 10.7 Å². The summed E-state index contributed by atoms with van der Waals surface area (Å²) in [5.74, 6) is -0.211. The fourth-order valence-corrected chi connectivity index (χ4v) is 2.58. The largest absolute Gasteiger partial charge is 0.324 e. The van der Waals surface area contributed by atoms with Crippen molar-refractivity contribution in [2.24, 2.45) is 5.73 Å². The van der Waals surface area contributed by atoms with Gasteiger partial charge in [-0.05, 0) is 32.0 Å². The third kappa shape index (κ3) is 1.82. The van der Waals surface area contributed by atoms with E-state index < -0.39 is 6.04 Å². The highest BCUT2D eigenvalue weighted by Gasteiger charge is 2.28. The number of nitrogens with one attached hydrogen (secondary N) is 1. The van der Waals surface area contributed by atoms with Crippen molar-refractivity contribution in [1.29, 1.82) is 0 Å². The summed E-state index contributed by atoms with van der Waals surface area (Å²) in [6, 6.07) is 4.85. The number of benzene rings is 1. The Kier molecular flexibility index (Phi) is 2.62. The van der Waals surface area contributed by atoms with Gasteiger partial charge in [0.2, 0.25) is 5.91 Å². The fraction of sp³-hybridized carbons (Fsp3) is 0.231. The van der Waals surface area contributed by atoms with Gasteiger partial charge in [-0.15, -0.1) is 0 Å². The van der Waals surface area contributed by atoms with Crippen LogP contribution >= 0.6 is 11.6 Å². The zero-order valence-corrected chi connectivity index (χ0v) is 11.3. The van der Waals surface area contributed by atoms with Crippen LogP contribution in [0.1, 0.15) is 23.0 Å². The molecule has 3 rings (SSSR count). The van der Waals surface area contributed by atoms with E-state index in [9.17, 15) is 4.79 Å². The monoisotopic (exact) mass is 276 g/mol. The summed E-state index contributed by atoms with van der Waals surface area (Å²) in [7, 11) is 0.